The predicted octanol–water partition coefficient (Wildman–Crippen LogP) is 2.33. The molecule has 2 nitrogen and oxygen atoms in total. The molecule has 2 atom stereocenters. The monoisotopic (exact) mass is 197 g/mol. The van der Waals surface area contributed by atoms with Gasteiger partial charge in [-0.05, 0) is 32.2 Å². The molecule has 0 radical (unpaired) electrons. The first-order valence-corrected chi connectivity index (χ1v) is 5.65. The average molecular weight is 197 g/mol. The smallest absolute Gasteiger partial charge is 0.126 e. The van der Waals surface area contributed by atoms with Crippen LogP contribution in [0.5, 0.6) is 0 Å². The number of aldehydes is 1. The van der Waals surface area contributed by atoms with Crippen LogP contribution in [-0.2, 0) is 4.79 Å². The van der Waals surface area contributed by atoms with Gasteiger partial charge in [0.25, 0.3) is 0 Å². The van der Waals surface area contributed by atoms with Gasteiger partial charge in [0.1, 0.15) is 6.29 Å². The Bertz CT molecular complexity index is 200. The maximum absolute atomic E-state index is 10.8. The maximum Gasteiger partial charge on any atom is 0.126 e. The van der Waals surface area contributed by atoms with E-state index in [1.807, 2.05) is 13.8 Å². The summed E-state index contributed by atoms with van der Waals surface area (Å²) in [5.74, 6) is 0.848. The molecule has 1 saturated heterocycles. The summed E-state index contributed by atoms with van der Waals surface area (Å²) in [6.45, 7) is 10.7. The molecule has 2 heteroatoms. The molecule has 0 aromatic heterocycles. The van der Waals surface area contributed by atoms with Crippen molar-refractivity contribution in [2.75, 3.05) is 13.1 Å². The second-order valence-electron chi connectivity index (χ2n) is 5.56. The summed E-state index contributed by atoms with van der Waals surface area (Å²) in [6.07, 6.45) is 3.63. The summed E-state index contributed by atoms with van der Waals surface area (Å²) >= 11 is 0. The van der Waals surface area contributed by atoms with Gasteiger partial charge < -0.3 is 4.79 Å². The SMILES string of the molecule is CC1CCN(CC(C)(C)C=O)C(C)C1. The van der Waals surface area contributed by atoms with E-state index in [0.717, 1.165) is 25.3 Å². The molecule has 0 aromatic carbocycles. The Balaban J connectivity index is 2.49. The van der Waals surface area contributed by atoms with Crippen molar-refractivity contribution in [3.05, 3.63) is 0 Å². The topological polar surface area (TPSA) is 20.3 Å². The predicted molar refractivity (Wildman–Crippen MR) is 59.3 cm³/mol. The molecule has 1 aliphatic rings. The molecule has 0 amide bonds. The van der Waals surface area contributed by atoms with Crippen molar-refractivity contribution in [3.8, 4) is 0 Å². The Kier molecular flexibility index (Phi) is 3.71. The number of likely N-dealkylation sites (tertiary alicyclic amines) is 1. The first kappa shape index (κ1) is 11.7. The van der Waals surface area contributed by atoms with Gasteiger partial charge in [-0.25, -0.2) is 0 Å². The highest BCUT2D eigenvalue weighted by Gasteiger charge is 2.28. The summed E-state index contributed by atoms with van der Waals surface area (Å²) in [5, 5.41) is 0. The fourth-order valence-electron chi connectivity index (χ4n) is 2.25. The van der Waals surface area contributed by atoms with E-state index in [4.69, 9.17) is 0 Å². The van der Waals surface area contributed by atoms with Crippen LogP contribution in [-0.4, -0.2) is 30.3 Å². The molecule has 82 valence electrons. The molecule has 0 saturated carbocycles. The Morgan fingerprint density at radius 3 is 2.57 bits per heavy atom. The number of hydrogen-bond donors (Lipinski definition) is 0. The van der Waals surface area contributed by atoms with Crippen molar-refractivity contribution in [1.82, 2.24) is 4.90 Å². The summed E-state index contributed by atoms with van der Waals surface area (Å²) in [6, 6.07) is 0.637. The lowest BCUT2D eigenvalue weighted by atomic mass is 9.89. The number of nitrogens with zero attached hydrogens (tertiary/aromatic N) is 1. The van der Waals surface area contributed by atoms with Crippen molar-refractivity contribution in [2.45, 2.75) is 46.6 Å². The first-order valence-electron chi connectivity index (χ1n) is 5.65. The lowest BCUT2D eigenvalue weighted by molar-refractivity contribution is -0.116. The van der Waals surface area contributed by atoms with Crippen LogP contribution in [0.2, 0.25) is 0 Å². The van der Waals surface area contributed by atoms with E-state index in [-0.39, 0.29) is 5.41 Å². The van der Waals surface area contributed by atoms with Crippen LogP contribution >= 0.6 is 0 Å². The van der Waals surface area contributed by atoms with Crippen molar-refractivity contribution >= 4 is 6.29 Å². The van der Waals surface area contributed by atoms with E-state index in [1.165, 1.54) is 12.8 Å². The highest BCUT2D eigenvalue weighted by atomic mass is 16.1. The minimum absolute atomic E-state index is 0.186. The van der Waals surface area contributed by atoms with Crippen LogP contribution in [0, 0.1) is 11.3 Å². The minimum atomic E-state index is -0.186. The normalized spacial score (nSPS) is 30.3. The van der Waals surface area contributed by atoms with Crippen LogP contribution in [0.3, 0.4) is 0 Å². The Labute approximate surface area is 87.7 Å². The molecular weight excluding hydrogens is 174 g/mol. The highest BCUT2D eigenvalue weighted by molar-refractivity contribution is 5.58. The van der Waals surface area contributed by atoms with Crippen molar-refractivity contribution in [3.63, 3.8) is 0 Å². The minimum Gasteiger partial charge on any atom is -0.303 e. The van der Waals surface area contributed by atoms with Crippen LogP contribution in [0.15, 0.2) is 0 Å². The summed E-state index contributed by atoms with van der Waals surface area (Å²) in [5.41, 5.74) is -0.186. The second-order valence-corrected chi connectivity index (χ2v) is 5.56. The Morgan fingerprint density at radius 2 is 2.07 bits per heavy atom. The maximum atomic E-state index is 10.8. The van der Waals surface area contributed by atoms with Gasteiger partial charge in [0.2, 0.25) is 0 Å². The van der Waals surface area contributed by atoms with Gasteiger partial charge >= 0.3 is 0 Å². The van der Waals surface area contributed by atoms with Crippen LogP contribution < -0.4 is 0 Å². The van der Waals surface area contributed by atoms with Crippen LogP contribution in [0.1, 0.15) is 40.5 Å². The van der Waals surface area contributed by atoms with Gasteiger partial charge in [-0.3, -0.25) is 4.90 Å². The van der Waals surface area contributed by atoms with E-state index in [2.05, 4.69) is 18.7 Å². The lowest BCUT2D eigenvalue weighted by Gasteiger charge is -2.39. The zero-order valence-electron chi connectivity index (χ0n) is 9.92. The molecular formula is C12H23NO. The van der Waals surface area contributed by atoms with Crippen molar-refractivity contribution in [2.24, 2.45) is 11.3 Å². The number of carbonyl (C=O) groups is 1. The Morgan fingerprint density at radius 1 is 1.43 bits per heavy atom. The van der Waals surface area contributed by atoms with E-state index >= 15 is 0 Å². The van der Waals surface area contributed by atoms with Crippen LogP contribution in [0.4, 0.5) is 0 Å². The largest absolute Gasteiger partial charge is 0.303 e. The van der Waals surface area contributed by atoms with Gasteiger partial charge in [-0.15, -0.1) is 0 Å². The molecule has 2 unspecified atom stereocenters. The fraction of sp³-hybridized carbons (Fsp3) is 0.917. The fourth-order valence-corrected chi connectivity index (χ4v) is 2.25. The third-order valence-corrected chi connectivity index (χ3v) is 3.21. The lowest BCUT2D eigenvalue weighted by Crippen LogP contribution is -2.45. The van der Waals surface area contributed by atoms with E-state index < -0.39 is 0 Å². The first-order chi connectivity index (χ1) is 6.44. The summed E-state index contributed by atoms with van der Waals surface area (Å²) < 4.78 is 0. The van der Waals surface area contributed by atoms with Gasteiger partial charge in [0, 0.05) is 18.0 Å². The van der Waals surface area contributed by atoms with E-state index in [1.54, 1.807) is 0 Å². The average Bonchev–Trinajstić information content (AvgIpc) is 2.10. The van der Waals surface area contributed by atoms with Crippen molar-refractivity contribution < 1.29 is 4.79 Å². The zero-order valence-corrected chi connectivity index (χ0v) is 9.92. The van der Waals surface area contributed by atoms with Gasteiger partial charge in [-0.2, -0.15) is 0 Å². The molecule has 1 aliphatic heterocycles. The molecule has 0 bridgehead atoms. The van der Waals surface area contributed by atoms with E-state index in [9.17, 15) is 4.79 Å². The van der Waals surface area contributed by atoms with Crippen molar-refractivity contribution in [1.29, 1.82) is 0 Å². The van der Waals surface area contributed by atoms with Gasteiger partial charge in [-0.1, -0.05) is 20.8 Å². The van der Waals surface area contributed by atoms with Gasteiger partial charge in [0.15, 0.2) is 0 Å². The standard InChI is InChI=1S/C12H23NO/c1-10-5-6-13(11(2)7-10)8-12(3,4)9-14/h9-11H,5-8H2,1-4H3. The summed E-state index contributed by atoms with van der Waals surface area (Å²) in [7, 11) is 0. The second kappa shape index (κ2) is 4.43. The quantitative estimate of drug-likeness (QED) is 0.647. The molecule has 1 fully saturated rings. The van der Waals surface area contributed by atoms with Crippen LogP contribution in [0.25, 0.3) is 0 Å². The molecule has 14 heavy (non-hydrogen) atoms. The molecule has 1 heterocycles. The number of hydrogen-bond acceptors (Lipinski definition) is 2. The zero-order chi connectivity index (χ0) is 10.8. The third kappa shape index (κ3) is 3.09. The molecule has 1 rings (SSSR count). The number of rotatable bonds is 3. The van der Waals surface area contributed by atoms with Gasteiger partial charge in [0.05, 0.1) is 0 Å². The molecule has 0 N–H and O–H groups in total. The van der Waals surface area contributed by atoms with E-state index in [0.29, 0.717) is 6.04 Å². The molecule has 0 aromatic rings. The summed E-state index contributed by atoms with van der Waals surface area (Å²) in [4.78, 5) is 13.3. The Hall–Kier alpha value is -0.370. The highest BCUT2D eigenvalue weighted by Crippen LogP contribution is 2.25. The number of piperidine rings is 1. The molecule has 0 aliphatic carbocycles. The third-order valence-electron chi connectivity index (χ3n) is 3.21. The number of carbonyl (C=O) groups excluding carboxylic acids is 1. The molecule has 0 spiro atoms.